The zero-order chi connectivity index (χ0) is 56.8. The fourth-order valence-corrected chi connectivity index (χ4v) is 12.2. The molecule has 0 saturated heterocycles. The Balaban J connectivity index is 1.21. The third kappa shape index (κ3) is 8.46. The van der Waals surface area contributed by atoms with Gasteiger partial charge in [-0.2, -0.15) is 0 Å². The molecule has 0 saturated carbocycles. The fraction of sp³-hybridized carbons (Fsp3) is 0.243. The van der Waals surface area contributed by atoms with Gasteiger partial charge in [0.1, 0.15) is 45.2 Å². The van der Waals surface area contributed by atoms with Gasteiger partial charge in [0.05, 0.1) is 33.5 Å². The SMILES string of the molecule is Cc1cccc(C)c1-n1c(-c2cc(-c3c4nc(-c5cc(C(C)(C)C)cc(C(C)(C)C)c5O)n(-c5ccc(C(C)(C)C)cc5-c5ccccc5)c4cc4c3oc3ccccc34)cc(C(C)(C)C)c2)nc2ccc3c4ccccc4oc3c21. The van der Waals surface area contributed by atoms with Crippen LogP contribution in [0.3, 0.4) is 0 Å². The lowest BCUT2D eigenvalue weighted by Gasteiger charge is -2.28. The molecule has 4 heterocycles. The third-order valence-corrected chi connectivity index (χ3v) is 16.7. The third-order valence-electron chi connectivity index (χ3n) is 16.7. The monoisotopic (exact) mass is 1060 g/mol. The largest absolute Gasteiger partial charge is 0.507 e. The number of phenolic OH excluding ortho intramolecular Hbond substituents is 1. The second-order valence-electron chi connectivity index (χ2n) is 26.6. The average molecular weight is 1060 g/mol. The highest BCUT2D eigenvalue weighted by molar-refractivity contribution is 6.18. The van der Waals surface area contributed by atoms with E-state index in [1.807, 2.05) is 18.2 Å². The molecule has 7 nitrogen and oxygen atoms in total. The Hall–Kier alpha value is -8.68. The van der Waals surface area contributed by atoms with Crippen molar-refractivity contribution < 1.29 is 13.9 Å². The minimum atomic E-state index is -0.391. The Kier molecular flexibility index (Phi) is 11.6. The fourth-order valence-electron chi connectivity index (χ4n) is 12.2. The second kappa shape index (κ2) is 18.2. The Labute approximate surface area is 474 Å². The molecule has 0 spiro atoms. The maximum Gasteiger partial charge on any atom is 0.161 e. The highest BCUT2D eigenvalue weighted by Crippen LogP contribution is 2.50. The van der Waals surface area contributed by atoms with E-state index in [0.717, 1.165) is 139 Å². The van der Waals surface area contributed by atoms with E-state index in [2.05, 4.69) is 252 Å². The van der Waals surface area contributed by atoms with Gasteiger partial charge in [0.15, 0.2) is 5.58 Å². The molecule has 0 unspecified atom stereocenters. The number of rotatable bonds is 6. The van der Waals surface area contributed by atoms with Crippen molar-refractivity contribution in [1.82, 2.24) is 19.1 Å². The molecule has 1 N–H and O–H groups in total. The normalized spacial score (nSPS) is 12.9. The van der Waals surface area contributed by atoms with E-state index in [1.165, 1.54) is 5.56 Å². The Bertz CT molecular complexity index is 4680. The van der Waals surface area contributed by atoms with Gasteiger partial charge in [0.25, 0.3) is 0 Å². The van der Waals surface area contributed by atoms with Crippen molar-refractivity contribution in [3.63, 3.8) is 0 Å². The van der Waals surface area contributed by atoms with E-state index < -0.39 is 5.41 Å². The first-order valence-corrected chi connectivity index (χ1v) is 28.4. The van der Waals surface area contributed by atoms with E-state index in [0.29, 0.717) is 11.4 Å². The summed E-state index contributed by atoms with van der Waals surface area (Å²) < 4.78 is 18.7. The van der Waals surface area contributed by atoms with Crippen molar-refractivity contribution in [1.29, 1.82) is 0 Å². The quantitative estimate of drug-likeness (QED) is 0.179. The van der Waals surface area contributed by atoms with Gasteiger partial charge in [-0.25, -0.2) is 9.97 Å². The number of aromatic hydroxyl groups is 1. The summed E-state index contributed by atoms with van der Waals surface area (Å²) in [6, 6.07) is 58.5. The van der Waals surface area contributed by atoms with Crippen LogP contribution in [0.5, 0.6) is 5.75 Å². The highest BCUT2D eigenvalue weighted by Gasteiger charge is 2.33. The molecule has 0 aliphatic carbocycles. The molecular formula is C74H70N4O3. The summed E-state index contributed by atoms with van der Waals surface area (Å²) in [4.78, 5) is 11.6. The lowest BCUT2D eigenvalue weighted by molar-refractivity contribution is 0.446. The molecule has 404 valence electrons. The molecular weight excluding hydrogens is 993 g/mol. The molecule has 7 heteroatoms. The zero-order valence-electron chi connectivity index (χ0n) is 49.1. The van der Waals surface area contributed by atoms with Gasteiger partial charge in [-0.05, 0) is 135 Å². The van der Waals surface area contributed by atoms with Gasteiger partial charge in [0.2, 0.25) is 0 Å². The van der Waals surface area contributed by atoms with Crippen LogP contribution >= 0.6 is 0 Å². The van der Waals surface area contributed by atoms with Crippen molar-refractivity contribution in [3.05, 3.63) is 197 Å². The van der Waals surface area contributed by atoms with Crippen LogP contribution in [-0.4, -0.2) is 24.2 Å². The number of hydrogen-bond acceptors (Lipinski definition) is 5. The molecule has 0 fully saturated rings. The lowest BCUT2D eigenvalue weighted by atomic mass is 9.79. The first-order chi connectivity index (χ1) is 38.4. The van der Waals surface area contributed by atoms with Crippen molar-refractivity contribution in [2.45, 2.75) is 119 Å². The van der Waals surface area contributed by atoms with Crippen LogP contribution in [0.15, 0.2) is 173 Å². The van der Waals surface area contributed by atoms with E-state index in [9.17, 15) is 5.11 Å². The summed E-state index contributed by atoms with van der Waals surface area (Å²) in [6.45, 7) is 31.2. The Morgan fingerprint density at radius 3 is 1.68 bits per heavy atom. The van der Waals surface area contributed by atoms with Gasteiger partial charge in [0, 0.05) is 38.2 Å². The maximum absolute atomic E-state index is 13.0. The van der Waals surface area contributed by atoms with Crippen molar-refractivity contribution >= 4 is 65.9 Å². The molecule has 0 radical (unpaired) electrons. The van der Waals surface area contributed by atoms with Gasteiger partial charge >= 0.3 is 0 Å². The minimum Gasteiger partial charge on any atom is -0.507 e. The standard InChI is InChI=1S/C74H70N4O3/c1-42-23-22-24-43(2)64(42)78-65-57(33-32-52-50-27-18-20-29-60(50)81-68(52)65)75-69(78)46-35-45(36-48(37-46)72(6,7)8)62-63-59(41-54-51-28-19-21-30-61(51)80-67(54)62)77(58-34-31-47(71(3,4)5)38-53(58)44-25-16-15-17-26-44)70(76-63)55-39-49(73(9,10)11)40-56(66(55)79)74(12,13)14/h15-41,79H,1-14H3. The molecule has 4 aromatic heterocycles. The average Bonchev–Trinajstić information content (AvgIpc) is 4.37. The molecule has 13 rings (SSSR count). The molecule has 0 aliphatic heterocycles. The molecule has 0 aliphatic rings. The van der Waals surface area contributed by atoms with E-state index >= 15 is 0 Å². The number of aromatic nitrogens is 4. The minimum absolute atomic E-state index is 0.135. The molecule has 9 aromatic carbocycles. The Morgan fingerprint density at radius 1 is 0.432 bits per heavy atom. The number of para-hydroxylation sites is 3. The van der Waals surface area contributed by atoms with E-state index in [-0.39, 0.29) is 22.0 Å². The molecule has 81 heavy (non-hydrogen) atoms. The van der Waals surface area contributed by atoms with Crippen molar-refractivity contribution in [2.24, 2.45) is 0 Å². The van der Waals surface area contributed by atoms with Gasteiger partial charge in [-0.1, -0.05) is 186 Å². The summed E-state index contributed by atoms with van der Waals surface area (Å²) in [6.07, 6.45) is 0. The predicted octanol–water partition coefficient (Wildman–Crippen LogP) is 20.3. The summed E-state index contributed by atoms with van der Waals surface area (Å²) in [5, 5.41) is 17.1. The number of imidazole rings is 2. The van der Waals surface area contributed by atoms with E-state index in [1.54, 1.807) is 0 Å². The zero-order valence-corrected chi connectivity index (χ0v) is 49.1. The number of phenols is 1. The van der Waals surface area contributed by atoms with Crippen LogP contribution in [0.2, 0.25) is 0 Å². The van der Waals surface area contributed by atoms with Crippen LogP contribution in [0.4, 0.5) is 0 Å². The van der Waals surface area contributed by atoms with Crippen LogP contribution in [0.25, 0.3) is 122 Å². The summed E-state index contributed by atoms with van der Waals surface area (Å²) in [5.41, 5.74) is 19.6. The van der Waals surface area contributed by atoms with Crippen LogP contribution in [-0.2, 0) is 21.7 Å². The number of aryl methyl sites for hydroxylation is 2. The van der Waals surface area contributed by atoms with Gasteiger partial charge in [-0.15, -0.1) is 0 Å². The van der Waals surface area contributed by atoms with Crippen LogP contribution < -0.4 is 0 Å². The van der Waals surface area contributed by atoms with Crippen LogP contribution in [0, 0.1) is 13.8 Å². The van der Waals surface area contributed by atoms with Gasteiger partial charge < -0.3 is 13.9 Å². The summed E-state index contributed by atoms with van der Waals surface area (Å²) in [5.74, 6) is 1.65. The topological polar surface area (TPSA) is 82.1 Å². The number of nitrogens with zero attached hydrogens (tertiary/aromatic N) is 4. The van der Waals surface area contributed by atoms with Crippen molar-refractivity contribution in [3.8, 4) is 62.2 Å². The summed E-state index contributed by atoms with van der Waals surface area (Å²) >= 11 is 0. The molecule has 0 bridgehead atoms. The predicted molar refractivity (Wildman–Crippen MR) is 338 cm³/mol. The lowest BCUT2D eigenvalue weighted by Crippen LogP contribution is -2.17. The van der Waals surface area contributed by atoms with E-state index in [4.69, 9.17) is 18.8 Å². The van der Waals surface area contributed by atoms with Gasteiger partial charge in [-0.3, -0.25) is 9.13 Å². The molecule has 13 aromatic rings. The smallest absolute Gasteiger partial charge is 0.161 e. The number of furan rings is 2. The van der Waals surface area contributed by atoms with Crippen molar-refractivity contribution in [2.75, 3.05) is 0 Å². The first-order valence-electron chi connectivity index (χ1n) is 28.4. The maximum atomic E-state index is 13.0. The van der Waals surface area contributed by atoms with Crippen LogP contribution in [0.1, 0.15) is 116 Å². The Morgan fingerprint density at radius 2 is 1.02 bits per heavy atom. The number of hydrogen-bond donors (Lipinski definition) is 1. The molecule has 0 atom stereocenters. The number of fused-ring (bicyclic) bond motifs is 9. The highest BCUT2D eigenvalue weighted by atomic mass is 16.3. The first kappa shape index (κ1) is 51.7. The molecule has 0 amide bonds. The number of benzene rings is 9. The summed E-state index contributed by atoms with van der Waals surface area (Å²) in [7, 11) is 0. The second-order valence-corrected chi connectivity index (χ2v) is 26.6.